The van der Waals surface area contributed by atoms with Crippen molar-refractivity contribution in [3.05, 3.63) is 70.2 Å². The Morgan fingerprint density at radius 1 is 1.11 bits per heavy atom. The highest BCUT2D eigenvalue weighted by molar-refractivity contribution is 9.10. The lowest BCUT2D eigenvalue weighted by Crippen LogP contribution is -2.40. The average molecular weight is 427 g/mol. The number of rotatable bonds is 4. The standard InChI is InChI=1S/C22H23BrN2O2/c1-16-7-8-17(20(23)15-16)9-10-21(26)25-13-11-18(12-14-25)22(27)24-19-5-3-2-4-6-19/h2-10,15,18H,11-14H2,1H3,(H,24,27). The molecule has 1 fully saturated rings. The van der Waals surface area contributed by atoms with Crippen LogP contribution in [0.5, 0.6) is 0 Å². The van der Waals surface area contributed by atoms with Crippen LogP contribution in [-0.4, -0.2) is 29.8 Å². The third-order valence-electron chi connectivity index (χ3n) is 4.78. The van der Waals surface area contributed by atoms with E-state index in [1.807, 2.05) is 66.4 Å². The summed E-state index contributed by atoms with van der Waals surface area (Å²) in [6, 6.07) is 15.5. The van der Waals surface area contributed by atoms with E-state index in [0.717, 1.165) is 15.7 Å². The van der Waals surface area contributed by atoms with Gasteiger partial charge in [0.05, 0.1) is 0 Å². The molecule has 1 aliphatic rings. The maximum absolute atomic E-state index is 12.4. The number of para-hydroxylation sites is 1. The fourth-order valence-electron chi connectivity index (χ4n) is 3.16. The van der Waals surface area contributed by atoms with E-state index < -0.39 is 0 Å². The summed E-state index contributed by atoms with van der Waals surface area (Å²) in [5, 5.41) is 2.95. The van der Waals surface area contributed by atoms with Crippen LogP contribution in [0, 0.1) is 12.8 Å². The molecule has 2 aromatic carbocycles. The molecule has 0 atom stereocenters. The van der Waals surface area contributed by atoms with Gasteiger partial charge in [0.2, 0.25) is 11.8 Å². The van der Waals surface area contributed by atoms with Crippen LogP contribution in [0.15, 0.2) is 59.1 Å². The molecule has 1 saturated heterocycles. The summed E-state index contributed by atoms with van der Waals surface area (Å²) >= 11 is 3.52. The topological polar surface area (TPSA) is 49.4 Å². The minimum atomic E-state index is -0.0514. The Morgan fingerprint density at radius 2 is 1.81 bits per heavy atom. The molecule has 140 valence electrons. The van der Waals surface area contributed by atoms with E-state index in [1.165, 1.54) is 5.56 Å². The van der Waals surface area contributed by atoms with Gasteiger partial charge in [0.25, 0.3) is 0 Å². The molecule has 1 N–H and O–H groups in total. The Kier molecular flexibility index (Phi) is 6.45. The summed E-state index contributed by atoms with van der Waals surface area (Å²) in [4.78, 5) is 26.6. The first kappa shape index (κ1) is 19.4. The van der Waals surface area contributed by atoms with Gasteiger partial charge in [-0.25, -0.2) is 0 Å². The minimum Gasteiger partial charge on any atom is -0.339 e. The highest BCUT2D eigenvalue weighted by Crippen LogP contribution is 2.22. The zero-order valence-corrected chi connectivity index (χ0v) is 16.9. The molecule has 1 heterocycles. The summed E-state index contributed by atoms with van der Waals surface area (Å²) in [6.07, 6.45) is 4.82. The van der Waals surface area contributed by atoms with Crippen LogP contribution >= 0.6 is 15.9 Å². The van der Waals surface area contributed by atoms with Gasteiger partial charge in [-0.05, 0) is 55.2 Å². The van der Waals surface area contributed by atoms with Gasteiger partial charge in [0.15, 0.2) is 0 Å². The second-order valence-electron chi connectivity index (χ2n) is 6.81. The zero-order valence-electron chi connectivity index (χ0n) is 15.3. The fourth-order valence-corrected chi connectivity index (χ4v) is 3.79. The Bertz CT molecular complexity index is 841. The number of halogens is 1. The molecule has 27 heavy (non-hydrogen) atoms. The number of amides is 2. The van der Waals surface area contributed by atoms with Crippen molar-refractivity contribution in [1.29, 1.82) is 0 Å². The number of benzene rings is 2. The zero-order chi connectivity index (χ0) is 19.2. The lowest BCUT2D eigenvalue weighted by Gasteiger charge is -2.30. The smallest absolute Gasteiger partial charge is 0.246 e. The molecule has 5 heteroatoms. The number of aryl methyl sites for hydroxylation is 1. The predicted octanol–water partition coefficient (Wildman–Crippen LogP) is 4.65. The van der Waals surface area contributed by atoms with Crippen molar-refractivity contribution in [3.8, 4) is 0 Å². The summed E-state index contributed by atoms with van der Waals surface area (Å²) in [5.74, 6) is -0.0266. The lowest BCUT2D eigenvalue weighted by molar-refractivity contribution is -0.130. The predicted molar refractivity (Wildman–Crippen MR) is 112 cm³/mol. The molecule has 0 radical (unpaired) electrons. The second-order valence-corrected chi connectivity index (χ2v) is 7.67. The van der Waals surface area contributed by atoms with Crippen molar-refractivity contribution in [2.45, 2.75) is 19.8 Å². The summed E-state index contributed by atoms with van der Waals surface area (Å²) in [6.45, 7) is 3.23. The third-order valence-corrected chi connectivity index (χ3v) is 5.47. The quantitative estimate of drug-likeness (QED) is 0.723. The number of anilines is 1. The van der Waals surface area contributed by atoms with Crippen molar-refractivity contribution >= 4 is 39.5 Å². The number of likely N-dealkylation sites (tertiary alicyclic amines) is 1. The first-order valence-corrected chi connectivity index (χ1v) is 9.91. The second kappa shape index (κ2) is 9.00. The highest BCUT2D eigenvalue weighted by atomic mass is 79.9. The monoisotopic (exact) mass is 426 g/mol. The number of nitrogens with zero attached hydrogens (tertiary/aromatic N) is 1. The van der Waals surface area contributed by atoms with E-state index in [4.69, 9.17) is 0 Å². The minimum absolute atomic E-state index is 0.00982. The van der Waals surface area contributed by atoms with Crippen LogP contribution in [0.1, 0.15) is 24.0 Å². The van der Waals surface area contributed by atoms with Crippen LogP contribution in [0.3, 0.4) is 0 Å². The maximum Gasteiger partial charge on any atom is 0.246 e. The molecule has 4 nitrogen and oxygen atoms in total. The normalized spacial score (nSPS) is 15.1. The summed E-state index contributed by atoms with van der Waals surface area (Å²) < 4.78 is 0.975. The third kappa shape index (κ3) is 5.30. The van der Waals surface area contributed by atoms with Gasteiger partial charge in [0.1, 0.15) is 0 Å². The number of piperidine rings is 1. The SMILES string of the molecule is Cc1ccc(C=CC(=O)N2CCC(C(=O)Nc3ccccc3)CC2)c(Br)c1. The number of nitrogens with one attached hydrogen (secondary N) is 1. The molecule has 0 aromatic heterocycles. The van der Waals surface area contributed by atoms with Crippen LogP contribution in [0.4, 0.5) is 5.69 Å². The van der Waals surface area contributed by atoms with Gasteiger partial charge in [-0.3, -0.25) is 9.59 Å². The van der Waals surface area contributed by atoms with Gasteiger partial charge in [0, 0.05) is 35.2 Å². The van der Waals surface area contributed by atoms with Crippen LogP contribution in [-0.2, 0) is 9.59 Å². The lowest BCUT2D eigenvalue weighted by atomic mass is 9.95. The Morgan fingerprint density at radius 3 is 2.48 bits per heavy atom. The van der Waals surface area contributed by atoms with Gasteiger partial charge < -0.3 is 10.2 Å². The number of hydrogen-bond donors (Lipinski definition) is 1. The Hall–Kier alpha value is -2.40. The molecule has 0 bridgehead atoms. The van der Waals surface area contributed by atoms with E-state index in [-0.39, 0.29) is 17.7 Å². The molecule has 0 saturated carbocycles. The van der Waals surface area contributed by atoms with E-state index in [0.29, 0.717) is 25.9 Å². The molecular formula is C22H23BrN2O2. The van der Waals surface area contributed by atoms with Crippen molar-refractivity contribution in [2.75, 3.05) is 18.4 Å². The first-order valence-electron chi connectivity index (χ1n) is 9.12. The van der Waals surface area contributed by atoms with Crippen molar-refractivity contribution in [3.63, 3.8) is 0 Å². The number of hydrogen-bond acceptors (Lipinski definition) is 2. The molecule has 0 aliphatic carbocycles. The Labute approximate surface area is 168 Å². The van der Waals surface area contributed by atoms with Gasteiger partial charge in [-0.15, -0.1) is 0 Å². The summed E-state index contributed by atoms with van der Waals surface area (Å²) in [5.41, 5.74) is 2.96. The average Bonchev–Trinajstić information content (AvgIpc) is 2.68. The number of carbonyl (C=O) groups is 2. The largest absolute Gasteiger partial charge is 0.339 e. The van der Waals surface area contributed by atoms with Gasteiger partial charge >= 0.3 is 0 Å². The van der Waals surface area contributed by atoms with E-state index >= 15 is 0 Å². The van der Waals surface area contributed by atoms with Gasteiger partial charge in [-0.1, -0.05) is 46.3 Å². The molecule has 0 spiro atoms. The molecule has 0 unspecified atom stereocenters. The van der Waals surface area contributed by atoms with E-state index in [1.54, 1.807) is 6.08 Å². The fraction of sp³-hybridized carbons (Fsp3) is 0.273. The molecule has 2 aromatic rings. The molecule has 3 rings (SSSR count). The summed E-state index contributed by atoms with van der Waals surface area (Å²) in [7, 11) is 0. The first-order chi connectivity index (χ1) is 13.0. The number of carbonyl (C=O) groups excluding carboxylic acids is 2. The van der Waals surface area contributed by atoms with Crippen LogP contribution in [0.25, 0.3) is 6.08 Å². The molecule has 2 amide bonds. The van der Waals surface area contributed by atoms with Crippen LogP contribution in [0.2, 0.25) is 0 Å². The van der Waals surface area contributed by atoms with Crippen LogP contribution < -0.4 is 5.32 Å². The van der Waals surface area contributed by atoms with Gasteiger partial charge in [-0.2, -0.15) is 0 Å². The molecule has 1 aliphatic heterocycles. The van der Waals surface area contributed by atoms with Crippen molar-refractivity contribution in [1.82, 2.24) is 4.90 Å². The van der Waals surface area contributed by atoms with E-state index in [2.05, 4.69) is 21.2 Å². The Balaban J connectivity index is 1.51. The molecular weight excluding hydrogens is 404 g/mol. The van der Waals surface area contributed by atoms with E-state index in [9.17, 15) is 9.59 Å². The highest BCUT2D eigenvalue weighted by Gasteiger charge is 2.26. The van der Waals surface area contributed by atoms with Crippen molar-refractivity contribution in [2.24, 2.45) is 5.92 Å². The van der Waals surface area contributed by atoms with Crippen molar-refractivity contribution < 1.29 is 9.59 Å². The maximum atomic E-state index is 12.4.